The standard InChI is InChI=1S/C45H45BN6O5.C44H45BN6O5/c47-25-27-5-1-7-31(21-27)29-13-17-51(18-14-29)44(55)34-10-3-9-33-23-39-41(42(53)40(33)34)43(54)50-46(57-39)36-11-4-12-37-35(36)24-38(49-37)45(56)52-19-15-30(16-20-52)32-8-2-6-28(22-32)26-48;46-25-29-3-1-4-32(21-29)31-13-17-50(18-14-31)41(52)12-9-28-7-10-39-34(22-28)42(53)49-45(56-39)36-5-2-6-37-33(36)24-38(48-37)43(54)51-19-15-44(16-20-51)27-55-40-11-8-30(26-47)23-35(40)44/h1-12,21-24,29-30,49,53H,13-20,25-26,47-48H2,(H,50,54);1-12,21-24,31,48H,13-20,25-27,46-47H2,(H,49,53)/b;12-9+. The summed E-state index contributed by atoms with van der Waals surface area (Å²) in [5.41, 5.74) is 38.1. The van der Waals surface area contributed by atoms with Gasteiger partial charge in [0.2, 0.25) is 17.7 Å². The summed E-state index contributed by atoms with van der Waals surface area (Å²) in [7, 11) is -1.64. The van der Waals surface area contributed by atoms with Gasteiger partial charge in [0, 0.05) is 123 Å². The van der Waals surface area contributed by atoms with Gasteiger partial charge in [0.15, 0.2) is 0 Å². The number of phenolic OH excluding ortho intramolecular Hbond substituents is 1. The monoisotopic (exact) mass is 1510 g/mol. The van der Waals surface area contributed by atoms with Crippen LogP contribution in [0.2, 0.25) is 0 Å². The van der Waals surface area contributed by atoms with Crippen molar-refractivity contribution < 1.29 is 47.9 Å². The number of phenols is 1. The van der Waals surface area contributed by atoms with Gasteiger partial charge in [-0.25, -0.2) is 0 Å². The molecule has 0 aliphatic carbocycles. The van der Waals surface area contributed by atoms with Gasteiger partial charge in [0.1, 0.15) is 39.9 Å². The molecule has 22 nitrogen and oxygen atoms in total. The summed E-state index contributed by atoms with van der Waals surface area (Å²) < 4.78 is 18.8. The lowest BCUT2D eigenvalue weighted by molar-refractivity contribution is -0.127. The molecule has 0 saturated carbocycles. The number of carbonyl (C=O) groups excluding carboxylic acids is 6. The zero-order valence-electron chi connectivity index (χ0n) is 62.9. The number of hydrogen-bond acceptors (Lipinski definition) is 14. The van der Waals surface area contributed by atoms with Gasteiger partial charge in [-0.1, -0.05) is 127 Å². The first-order chi connectivity index (χ1) is 55.1. The number of H-pyrrole nitrogens is 2. The van der Waals surface area contributed by atoms with E-state index in [1.54, 1.807) is 48.6 Å². The van der Waals surface area contributed by atoms with Crippen LogP contribution in [0.5, 0.6) is 23.0 Å². The summed E-state index contributed by atoms with van der Waals surface area (Å²) in [6.07, 6.45) is 10.1. The van der Waals surface area contributed by atoms with E-state index in [4.69, 9.17) is 37.0 Å². The number of aromatic nitrogens is 2. The Morgan fingerprint density at radius 2 is 0.965 bits per heavy atom. The summed E-state index contributed by atoms with van der Waals surface area (Å²) in [6.45, 7) is 7.66. The fourth-order valence-corrected chi connectivity index (χ4v) is 17.9. The molecule has 0 bridgehead atoms. The average Bonchev–Trinajstić information content (AvgIpc) is 0.990. The Kier molecular flexibility index (Phi) is 20.5. The molecular weight excluding hydrogens is 1420 g/mol. The van der Waals surface area contributed by atoms with E-state index in [0.717, 1.165) is 112 Å². The van der Waals surface area contributed by atoms with Crippen molar-refractivity contribution in [1.29, 1.82) is 0 Å². The van der Waals surface area contributed by atoms with Crippen LogP contribution in [0.1, 0.15) is 171 Å². The minimum absolute atomic E-state index is 0.0206. The molecule has 113 heavy (non-hydrogen) atoms. The molecule has 0 unspecified atom stereocenters. The Labute approximate surface area is 655 Å². The number of nitrogens with two attached hydrogens (primary N) is 4. The van der Waals surface area contributed by atoms with Crippen LogP contribution in [0, 0.1) is 0 Å². The molecule has 7 aliphatic heterocycles. The first-order valence-electron chi connectivity index (χ1n) is 39.4. The van der Waals surface area contributed by atoms with E-state index in [-0.39, 0.29) is 52.0 Å². The second-order valence-electron chi connectivity index (χ2n) is 31.0. The van der Waals surface area contributed by atoms with Crippen molar-refractivity contribution in [1.82, 2.24) is 40.0 Å². The summed E-state index contributed by atoms with van der Waals surface area (Å²) in [5.74, 6) is 1.24. The van der Waals surface area contributed by atoms with Gasteiger partial charge in [-0.05, 0) is 191 Å². The third-order valence-electron chi connectivity index (χ3n) is 24.4. The number of aromatic amines is 2. The van der Waals surface area contributed by atoms with Crippen molar-refractivity contribution in [3.05, 3.63) is 266 Å². The van der Waals surface area contributed by atoms with Gasteiger partial charge in [-0.15, -0.1) is 0 Å². The highest BCUT2D eigenvalue weighted by molar-refractivity contribution is 6.72. The van der Waals surface area contributed by atoms with Crippen molar-refractivity contribution in [3.63, 3.8) is 0 Å². The number of fused-ring (bicyclic) bond motifs is 7. The second kappa shape index (κ2) is 31.3. The van der Waals surface area contributed by atoms with Crippen molar-refractivity contribution >= 4 is 99.1 Å². The van der Waals surface area contributed by atoms with E-state index in [0.29, 0.717) is 147 Å². The molecule has 11 aromatic rings. The van der Waals surface area contributed by atoms with Crippen molar-refractivity contribution in [2.45, 2.75) is 101 Å². The van der Waals surface area contributed by atoms with Crippen molar-refractivity contribution in [2.24, 2.45) is 22.9 Å². The maximum Gasteiger partial charge on any atom is 0.520 e. The fourth-order valence-electron chi connectivity index (χ4n) is 17.9. The summed E-state index contributed by atoms with van der Waals surface area (Å²) in [5, 5.41) is 20.1. The highest BCUT2D eigenvalue weighted by atomic mass is 16.5. The van der Waals surface area contributed by atoms with Gasteiger partial charge >= 0.3 is 14.1 Å². The molecule has 9 aromatic carbocycles. The van der Waals surface area contributed by atoms with E-state index in [1.165, 1.54) is 22.3 Å². The van der Waals surface area contributed by atoms with Gasteiger partial charge < -0.3 is 82.1 Å². The largest absolute Gasteiger partial charge is 0.537 e. The minimum Gasteiger partial charge on any atom is -0.537 e. The third-order valence-corrected chi connectivity index (χ3v) is 24.4. The average molecular weight is 1510 g/mol. The molecule has 0 radical (unpaired) electrons. The molecule has 24 heteroatoms. The van der Waals surface area contributed by atoms with E-state index in [2.05, 4.69) is 69.0 Å². The lowest BCUT2D eigenvalue weighted by atomic mass is 9.70. The highest BCUT2D eigenvalue weighted by Gasteiger charge is 2.45. The predicted molar refractivity (Wildman–Crippen MR) is 439 cm³/mol. The van der Waals surface area contributed by atoms with Crippen LogP contribution < -0.4 is 58.4 Å². The number of ether oxygens (including phenoxy) is 1. The number of nitrogens with zero attached hydrogens (tertiary/aromatic N) is 4. The maximum atomic E-state index is 14.0. The highest BCUT2D eigenvalue weighted by Crippen LogP contribution is 2.47. The zero-order chi connectivity index (χ0) is 77.6. The number of aromatic hydroxyl groups is 1. The van der Waals surface area contributed by atoms with Gasteiger partial charge in [0.05, 0.1) is 17.7 Å². The van der Waals surface area contributed by atoms with Crippen LogP contribution in [0.4, 0.5) is 0 Å². The van der Waals surface area contributed by atoms with Crippen LogP contribution >= 0.6 is 0 Å². The molecular formula is C89H90B2N12O10. The molecule has 2 aromatic heterocycles. The maximum absolute atomic E-state index is 14.0. The first-order valence-corrected chi connectivity index (χ1v) is 39.4. The Hall–Kier alpha value is -12.0. The summed E-state index contributed by atoms with van der Waals surface area (Å²) >= 11 is 0. The Morgan fingerprint density at radius 1 is 0.487 bits per heavy atom. The number of hydrogen-bond donors (Lipinski definition) is 9. The molecule has 18 rings (SSSR count). The van der Waals surface area contributed by atoms with Crippen LogP contribution in [0.25, 0.3) is 38.7 Å². The zero-order valence-corrected chi connectivity index (χ0v) is 62.9. The van der Waals surface area contributed by atoms with Crippen molar-refractivity contribution in [2.75, 3.05) is 59.0 Å². The minimum atomic E-state index is -0.888. The first kappa shape index (κ1) is 73.8. The van der Waals surface area contributed by atoms with Gasteiger partial charge in [-0.2, -0.15) is 0 Å². The molecule has 1 spiro atoms. The fraction of sp³-hybridized carbons (Fsp3) is 0.281. The number of nitrogens with one attached hydrogen (secondary N) is 4. The smallest absolute Gasteiger partial charge is 0.520 e. The van der Waals surface area contributed by atoms with Crippen molar-refractivity contribution in [3.8, 4) is 23.0 Å². The molecule has 0 atom stereocenters. The topological polar surface area (TPSA) is 323 Å². The quantitative estimate of drug-likeness (QED) is 0.0361. The molecule has 7 aliphatic rings. The Morgan fingerprint density at radius 3 is 1.51 bits per heavy atom. The molecule has 9 heterocycles. The van der Waals surface area contributed by atoms with E-state index >= 15 is 0 Å². The predicted octanol–water partition coefficient (Wildman–Crippen LogP) is 10.1. The van der Waals surface area contributed by atoms with Crippen LogP contribution in [0.15, 0.2) is 188 Å². The number of carbonyl (C=O) groups is 6. The number of amides is 6. The lowest BCUT2D eigenvalue weighted by Crippen LogP contribution is -2.55. The molecule has 4 saturated heterocycles. The van der Waals surface area contributed by atoms with Crippen LogP contribution in [-0.2, 0) is 36.4 Å². The number of piperidine rings is 4. The molecule has 572 valence electrons. The third kappa shape index (κ3) is 14.6. The van der Waals surface area contributed by atoms with Gasteiger partial charge in [0.25, 0.3) is 17.7 Å². The molecule has 13 N–H and O–H groups in total. The van der Waals surface area contributed by atoms with E-state index < -0.39 is 20.0 Å². The van der Waals surface area contributed by atoms with E-state index in [9.17, 15) is 33.9 Å². The normalized spacial score (nSPS) is 17.1. The SMILES string of the molecule is NCc1cccc(C2CCN(C(=O)/C=C/c3ccc4c(c3)C(=O)NB(c3cccc5[nH]c(C(=O)N6CCC7(CC6)COc6ccc(CN)cc67)cc35)O4)CC2)c1.NCc1cccc(C2CCN(C(=O)c3cc4c(B5NC(=O)c6c(cc7cccc(C(=O)N8CCC(c9cccc(CN)c9)CC8)c7c6O)O5)cccc4[nH]3)CC2)c1. The number of likely N-dealkylation sites (tertiary alicyclic amines) is 4. The lowest BCUT2D eigenvalue weighted by Gasteiger charge is -2.38. The Balaban J connectivity index is 0.000000164. The second-order valence-corrected chi connectivity index (χ2v) is 31.0. The summed E-state index contributed by atoms with van der Waals surface area (Å²) in [6, 6.07) is 58.7. The van der Waals surface area contributed by atoms with Gasteiger partial charge in [-0.3, -0.25) is 28.8 Å². The molecule has 6 amide bonds. The summed E-state index contributed by atoms with van der Waals surface area (Å²) in [4.78, 5) is 96.1. The number of rotatable bonds is 14. The Bertz CT molecular complexity index is 5590. The van der Waals surface area contributed by atoms with E-state index in [1.807, 2.05) is 117 Å². The van der Waals surface area contributed by atoms with Crippen LogP contribution in [0.3, 0.4) is 0 Å². The number of benzene rings is 9. The van der Waals surface area contributed by atoms with Crippen LogP contribution in [-0.4, -0.2) is 143 Å². The molecule has 4 fully saturated rings.